The van der Waals surface area contributed by atoms with Gasteiger partial charge in [-0.25, -0.2) is 4.79 Å². The Hall–Kier alpha value is -2.04. The summed E-state index contributed by atoms with van der Waals surface area (Å²) in [5.41, 5.74) is 1.09. The Bertz CT molecular complexity index is 629. The number of rotatable bonds is 4. The van der Waals surface area contributed by atoms with E-state index >= 15 is 0 Å². The fourth-order valence-electron chi connectivity index (χ4n) is 4.29. The first-order valence-electron chi connectivity index (χ1n) is 9.58. The number of benzene rings is 1. The Morgan fingerprint density at radius 2 is 1.88 bits per heavy atom. The van der Waals surface area contributed by atoms with Crippen molar-refractivity contribution < 1.29 is 9.59 Å². The van der Waals surface area contributed by atoms with Gasteiger partial charge in [0.15, 0.2) is 0 Å². The molecule has 5 heteroatoms. The summed E-state index contributed by atoms with van der Waals surface area (Å²) in [6.45, 7) is 2.68. The van der Waals surface area contributed by atoms with E-state index in [4.69, 9.17) is 0 Å². The Labute approximate surface area is 149 Å². The quantitative estimate of drug-likeness (QED) is 0.915. The van der Waals surface area contributed by atoms with Crippen LogP contribution in [0.25, 0.3) is 0 Å². The van der Waals surface area contributed by atoms with Crippen LogP contribution in [0.4, 0.5) is 4.79 Å². The molecule has 134 valence electrons. The highest BCUT2D eigenvalue weighted by molar-refractivity contribution is 5.82. The van der Waals surface area contributed by atoms with Crippen molar-refractivity contribution in [1.29, 1.82) is 0 Å². The van der Waals surface area contributed by atoms with Crippen molar-refractivity contribution in [3.63, 3.8) is 0 Å². The molecule has 0 spiro atoms. The molecular formula is C20H27N3O2. The van der Waals surface area contributed by atoms with Gasteiger partial charge in [0.1, 0.15) is 0 Å². The molecule has 1 aliphatic carbocycles. The summed E-state index contributed by atoms with van der Waals surface area (Å²) in [4.78, 5) is 29.4. The van der Waals surface area contributed by atoms with Crippen LogP contribution in [-0.4, -0.2) is 47.4 Å². The molecule has 5 rings (SSSR count). The molecule has 4 fully saturated rings. The molecule has 3 aliphatic heterocycles. The highest BCUT2D eigenvalue weighted by Crippen LogP contribution is 2.33. The van der Waals surface area contributed by atoms with Gasteiger partial charge in [-0.15, -0.1) is 0 Å². The molecule has 25 heavy (non-hydrogen) atoms. The monoisotopic (exact) mass is 341 g/mol. The zero-order valence-corrected chi connectivity index (χ0v) is 14.7. The highest BCUT2D eigenvalue weighted by Gasteiger charge is 2.42. The molecule has 3 amide bonds. The van der Waals surface area contributed by atoms with Crippen molar-refractivity contribution in [1.82, 2.24) is 15.1 Å². The SMILES string of the molecule is O=C(NCc1ccccc1)N1CC2CCC(C1)N(CC1CCC1)C2=O. The molecule has 3 heterocycles. The Balaban J connectivity index is 1.38. The van der Waals surface area contributed by atoms with E-state index in [1.807, 2.05) is 35.2 Å². The zero-order valence-electron chi connectivity index (χ0n) is 14.7. The van der Waals surface area contributed by atoms with Gasteiger partial charge in [0, 0.05) is 32.2 Å². The number of amides is 3. The van der Waals surface area contributed by atoms with Crippen molar-refractivity contribution in [2.75, 3.05) is 19.6 Å². The lowest BCUT2D eigenvalue weighted by Gasteiger charge is -2.40. The molecule has 0 radical (unpaired) electrons. The summed E-state index contributed by atoms with van der Waals surface area (Å²) in [6, 6.07) is 10.1. The van der Waals surface area contributed by atoms with Crippen LogP contribution in [0.3, 0.4) is 0 Å². The first-order chi connectivity index (χ1) is 12.2. The number of nitrogens with one attached hydrogen (secondary N) is 1. The van der Waals surface area contributed by atoms with Crippen LogP contribution in [0, 0.1) is 11.8 Å². The summed E-state index contributed by atoms with van der Waals surface area (Å²) in [5, 5.41) is 3.02. The van der Waals surface area contributed by atoms with Gasteiger partial charge in [-0.2, -0.15) is 0 Å². The van der Waals surface area contributed by atoms with Crippen LogP contribution in [-0.2, 0) is 11.3 Å². The number of nitrogens with zero attached hydrogens (tertiary/aromatic N) is 2. The van der Waals surface area contributed by atoms with Crippen molar-refractivity contribution in [2.24, 2.45) is 11.8 Å². The highest BCUT2D eigenvalue weighted by atomic mass is 16.2. The van der Waals surface area contributed by atoms with Crippen molar-refractivity contribution in [3.8, 4) is 0 Å². The summed E-state index contributed by atoms with van der Waals surface area (Å²) < 4.78 is 0. The molecule has 1 aromatic rings. The molecule has 1 N–H and O–H groups in total. The van der Waals surface area contributed by atoms with Crippen LogP contribution in [0.1, 0.15) is 37.7 Å². The molecule has 5 nitrogen and oxygen atoms in total. The number of piperidine rings is 1. The number of carbonyl (C=O) groups is 2. The largest absolute Gasteiger partial charge is 0.337 e. The van der Waals surface area contributed by atoms with Gasteiger partial charge in [-0.3, -0.25) is 4.79 Å². The number of carbonyl (C=O) groups excluding carboxylic acids is 2. The normalized spacial score (nSPS) is 26.3. The third-order valence-corrected chi connectivity index (χ3v) is 6.05. The van der Waals surface area contributed by atoms with E-state index in [9.17, 15) is 9.59 Å². The molecule has 2 unspecified atom stereocenters. The minimum absolute atomic E-state index is 0.0127. The molecule has 2 bridgehead atoms. The fraction of sp³-hybridized carbons (Fsp3) is 0.600. The van der Waals surface area contributed by atoms with E-state index in [1.165, 1.54) is 19.3 Å². The van der Waals surface area contributed by atoms with Crippen molar-refractivity contribution in [3.05, 3.63) is 35.9 Å². The number of hydrogen-bond acceptors (Lipinski definition) is 2. The van der Waals surface area contributed by atoms with Gasteiger partial charge in [0.25, 0.3) is 0 Å². The van der Waals surface area contributed by atoms with Crippen molar-refractivity contribution >= 4 is 11.9 Å². The second kappa shape index (κ2) is 7.06. The van der Waals surface area contributed by atoms with Crippen LogP contribution in [0.5, 0.6) is 0 Å². The Morgan fingerprint density at radius 1 is 1.08 bits per heavy atom. The lowest BCUT2D eigenvalue weighted by molar-refractivity contribution is -0.141. The van der Waals surface area contributed by atoms with Crippen LogP contribution in [0.2, 0.25) is 0 Å². The van der Waals surface area contributed by atoms with E-state index in [0.29, 0.717) is 25.6 Å². The third kappa shape index (κ3) is 3.51. The van der Waals surface area contributed by atoms with E-state index < -0.39 is 0 Å². The van der Waals surface area contributed by atoms with E-state index in [0.717, 1.165) is 24.9 Å². The predicted octanol–water partition coefficient (Wildman–Crippen LogP) is 2.62. The van der Waals surface area contributed by atoms with Gasteiger partial charge in [-0.05, 0) is 37.2 Å². The molecule has 1 saturated carbocycles. The van der Waals surface area contributed by atoms with Gasteiger partial charge in [-0.1, -0.05) is 36.8 Å². The first-order valence-corrected chi connectivity index (χ1v) is 9.58. The Morgan fingerprint density at radius 3 is 2.60 bits per heavy atom. The number of urea groups is 1. The minimum atomic E-state index is -0.0425. The average molecular weight is 341 g/mol. The topological polar surface area (TPSA) is 52.7 Å². The summed E-state index contributed by atoms with van der Waals surface area (Å²) in [5.74, 6) is 0.950. The van der Waals surface area contributed by atoms with Gasteiger partial charge >= 0.3 is 6.03 Å². The van der Waals surface area contributed by atoms with Gasteiger partial charge < -0.3 is 15.1 Å². The maximum atomic E-state index is 12.8. The van der Waals surface area contributed by atoms with Gasteiger partial charge in [0.05, 0.1) is 5.92 Å². The molecule has 2 atom stereocenters. The fourth-order valence-corrected chi connectivity index (χ4v) is 4.29. The van der Waals surface area contributed by atoms with E-state index in [1.54, 1.807) is 0 Å². The average Bonchev–Trinajstić information content (AvgIpc) is 2.88. The number of hydrogen-bond donors (Lipinski definition) is 1. The predicted molar refractivity (Wildman–Crippen MR) is 95.8 cm³/mol. The first kappa shape index (κ1) is 16.4. The summed E-state index contributed by atoms with van der Waals surface area (Å²) in [7, 11) is 0. The minimum Gasteiger partial charge on any atom is -0.337 e. The lowest BCUT2D eigenvalue weighted by Crippen LogP contribution is -2.50. The second-order valence-corrected chi connectivity index (χ2v) is 7.76. The maximum Gasteiger partial charge on any atom is 0.317 e. The van der Waals surface area contributed by atoms with Crippen LogP contribution in [0.15, 0.2) is 30.3 Å². The van der Waals surface area contributed by atoms with E-state index in [2.05, 4.69) is 10.2 Å². The van der Waals surface area contributed by atoms with E-state index in [-0.39, 0.29) is 23.9 Å². The standard InChI is InChI=1S/C20H27N3O2/c24-19-17-9-10-18(23(19)12-16-7-4-8-16)14-22(13-17)20(25)21-11-15-5-2-1-3-6-15/h1-3,5-6,16-18H,4,7-14H2,(H,21,25). The second-order valence-electron chi connectivity index (χ2n) is 7.76. The van der Waals surface area contributed by atoms with Crippen LogP contribution < -0.4 is 5.32 Å². The number of fused-ring (bicyclic) bond motifs is 4. The van der Waals surface area contributed by atoms with Crippen LogP contribution >= 0.6 is 0 Å². The lowest BCUT2D eigenvalue weighted by atomic mass is 9.83. The zero-order chi connectivity index (χ0) is 17.2. The Kier molecular flexibility index (Phi) is 4.64. The summed E-state index contributed by atoms with van der Waals surface area (Å²) in [6.07, 6.45) is 5.76. The smallest absolute Gasteiger partial charge is 0.317 e. The molecule has 3 saturated heterocycles. The van der Waals surface area contributed by atoms with Gasteiger partial charge in [0.2, 0.25) is 5.91 Å². The molecular weight excluding hydrogens is 314 g/mol. The third-order valence-electron chi connectivity index (χ3n) is 6.05. The molecule has 1 aromatic carbocycles. The summed E-state index contributed by atoms with van der Waals surface area (Å²) >= 11 is 0. The maximum absolute atomic E-state index is 12.8. The van der Waals surface area contributed by atoms with Crippen molar-refractivity contribution in [2.45, 2.75) is 44.7 Å². The molecule has 4 aliphatic rings. The molecule has 0 aromatic heterocycles.